The minimum Gasteiger partial charge on any atom is -0.299 e. The Hall–Kier alpha value is -3.42. The number of aromatic nitrogens is 4. The van der Waals surface area contributed by atoms with Gasteiger partial charge in [-0.25, -0.2) is 18.4 Å². The number of hydrogen-bond acceptors (Lipinski definition) is 5. The molecule has 0 spiro atoms. The van der Waals surface area contributed by atoms with E-state index in [9.17, 15) is 13.6 Å². The van der Waals surface area contributed by atoms with E-state index < -0.39 is 17.2 Å². The number of nitrogens with one attached hydrogen (secondary N) is 1. The molecule has 0 saturated carbocycles. The van der Waals surface area contributed by atoms with Crippen LogP contribution < -0.4 is 5.56 Å². The zero-order valence-electron chi connectivity index (χ0n) is 12.7. The molecule has 0 amide bonds. The minimum atomic E-state index is -0.650. The minimum absolute atomic E-state index is 0.178. The van der Waals surface area contributed by atoms with Crippen LogP contribution in [0.1, 0.15) is 11.3 Å². The Morgan fingerprint density at radius 1 is 1.00 bits per heavy atom. The molecule has 0 fully saturated rings. The van der Waals surface area contributed by atoms with Gasteiger partial charge >= 0.3 is 0 Å². The molecule has 0 aliphatic carbocycles. The average molecular weight is 340 g/mol. The summed E-state index contributed by atoms with van der Waals surface area (Å²) < 4.78 is 31.3. The van der Waals surface area contributed by atoms with Gasteiger partial charge in [-0.05, 0) is 39.1 Å². The average Bonchev–Trinajstić information content (AvgIpc) is 3.01. The Bertz CT molecular complexity index is 1120. The summed E-state index contributed by atoms with van der Waals surface area (Å²) in [6, 6.07) is 10.3. The van der Waals surface area contributed by atoms with Gasteiger partial charge in [0.15, 0.2) is 0 Å². The fraction of sp³-hybridized carbons (Fsp3) is 0.0588. The molecule has 0 saturated heterocycles. The maximum Gasteiger partial charge on any atom is 0.271 e. The molecule has 4 aromatic rings. The van der Waals surface area contributed by atoms with E-state index in [-0.39, 0.29) is 23.4 Å². The summed E-state index contributed by atoms with van der Waals surface area (Å²) in [5.41, 5.74) is 2.04. The van der Waals surface area contributed by atoms with Crippen LogP contribution in [-0.2, 0) is 6.42 Å². The van der Waals surface area contributed by atoms with Crippen LogP contribution in [0.3, 0.4) is 0 Å². The number of hydrogen-bond donors (Lipinski definition) is 1. The van der Waals surface area contributed by atoms with Crippen molar-refractivity contribution in [2.75, 3.05) is 0 Å². The number of H-pyrrole nitrogens is 1. The molecule has 2 aromatic heterocycles. The molecule has 4 rings (SSSR count). The van der Waals surface area contributed by atoms with Crippen LogP contribution in [0.5, 0.6) is 0 Å². The van der Waals surface area contributed by atoms with Crippen LogP contribution in [-0.4, -0.2) is 20.3 Å². The quantitative estimate of drug-likeness (QED) is 0.620. The van der Waals surface area contributed by atoms with E-state index in [1.165, 1.54) is 12.1 Å². The van der Waals surface area contributed by atoms with Crippen LogP contribution >= 0.6 is 0 Å². The standard InChI is InChI=1S/C17H10F2N4O2/c18-12-6-11(7-13(19)8-12)10-3-1-2-9(4-10)5-14-17(24)21-16-15(20-14)22-25-23-16/h1-4,6-8H,5H2,(H,21,23,24). The van der Waals surface area contributed by atoms with Crippen molar-refractivity contribution in [3.63, 3.8) is 0 Å². The van der Waals surface area contributed by atoms with Gasteiger partial charge in [0.1, 0.15) is 17.3 Å². The molecular formula is C17H10F2N4O2. The highest BCUT2D eigenvalue weighted by molar-refractivity contribution is 5.65. The highest BCUT2D eigenvalue weighted by Gasteiger charge is 2.10. The molecule has 2 heterocycles. The van der Waals surface area contributed by atoms with Gasteiger partial charge in [-0.2, -0.15) is 0 Å². The van der Waals surface area contributed by atoms with Gasteiger partial charge < -0.3 is 0 Å². The summed E-state index contributed by atoms with van der Waals surface area (Å²) in [6.45, 7) is 0. The maximum atomic E-state index is 13.4. The van der Waals surface area contributed by atoms with Crippen molar-refractivity contribution in [3.05, 3.63) is 75.7 Å². The number of benzene rings is 2. The fourth-order valence-corrected chi connectivity index (χ4v) is 2.59. The molecule has 124 valence electrons. The van der Waals surface area contributed by atoms with Gasteiger partial charge in [0.05, 0.1) is 0 Å². The molecule has 0 aliphatic heterocycles. The zero-order valence-corrected chi connectivity index (χ0v) is 12.7. The smallest absolute Gasteiger partial charge is 0.271 e. The lowest BCUT2D eigenvalue weighted by molar-refractivity contribution is 0.314. The lowest BCUT2D eigenvalue weighted by Crippen LogP contribution is -2.15. The van der Waals surface area contributed by atoms with Gasteiger partial charge in [-0.15, -0.1) is 0 Å². The molecule has 0 bridgehead atoms. The highest BCUT2D eigenvalue weighted by Crippen LogP contribution is 2.23. The van der Waals surface area contributed by atoms with Crippen molar-refractivity contribution in [1.29, 1.82) is 0 Å². The molecule has 0 aliphatic rings. The second-order valence-corrected chi connectivity index (χ2v) is 5.48. The molecule has 2 aromatic carbocycles. The summed E-state index contributed by atoms with van der Waals surface area (Å²) in [5.74, 6) is -1.30. The Balaban J connectivity index is 1.71. The lowest BCUT2D eigenvalue weighted by atomic mass is 10.0. The summed E-state index contributed by atoms with van der Waals surface area (Å²) in [7, 11) is 0. The molecule has 0 atom stereocenters. The van der Waals surface area contributed by atoms with E-state index in [1.54, 1.807) is 24.3 Å². The Morgan fingerprint density at radius 3 is 2.60 bits per heavy atom. The SMILES string of the molecule is O=c1[nH]c2nonc2nc1Cc1cccc(-c2cc(F)cc(F)c2)c1. The summed E-state index contributed by atoms with van der Waals surface area (Å²) in [4.78, 5) is 18.7. The third-order valence-corrected chi connectivity index (χ3v) is 3.70. The van der Waals surface area contributed by atoms with E-state index in [0.29, 0.717) is 11.1 Å². The molecule has 6 nitrogen and oxygen atoms in total. The van der Waals surface area contributed by atoms with Crippen LogP contribution in [0.4, 0.5) is 8.78 Å². The van der Waals surface area contributed by atoms with Crippen LogP contribution in [0.15, 0.2) is 51.9 Å². The van der Waals surface area contributed by atoms with Gasteiger partial charge in [-0.1, -0.05) is 24.3 Å². The van der Waals surface area contributed by atoms with E-state index in [2.05, 4.69) is 24.9 Å². The predicted molar refractivity (Wildman–Crippen MR) is 84.8 cm³/mol. The molecule has 0 unspecified atom stereocenters. The maximum absolute atomic E-state index is 13.4. The van der Waals surface area contributed by atoms with E-state index in [0.717, 1.165) is 11.6 Å². The van der Waals surface area contributed by atoms with Crippen LogP contribution in [0, 0.1) is 11.6 Å². The molecule has 1 N–H and O–H groups in total. The third-order valence-electron chi connectivity index (χ3n) is 3.70. The molecule has 8 heteroatoms. The number of rotatable bonds is 3. The topological polar surface area (TPSA) is 84.7 Å². The van der Waals surface area contributed by atoms with Crippen molar-refractivity contribution >= 4 is 11.3 Å². The van der Waals surface area contributed by atoms with Crippen molar-refractivity contribution in [2.24, 2.45) is 0 Å². The van der Waals surface area contributed by atoms with Gasteiger partial charge in [0, 0.05) is 12.5 Å². The summed E-state index contributed by atoms with van der Waals surface area (Å²) >= 11 is 0. The number of aromatic amines is 1. The van der Waals surface area contributed by atoms with E-state index in [4.69, 9.17) is 0 Å². The number of fused-ring (bicyclic) bond motifs is 1. The summed E-state index contributed by atoms with van der Waals surface area (Å²) in [5, 5.41) is 7.12. The normalized spacial score (nSPS) is 11.1. The highest BCUT2D eigenvalue weighted by atomic mass is 19.1. The van der Waals surface area contributed by atoms with Crippen LogP contribution in [0.2, 0.25) is 0 Å². The van der Waals surface area contributed by atoms with Crippen molar-refractivity contribution in [2.45, 2.75) is 6.42 Å². The van der Waals surface area contributed by atoms with Crippen molar-refractivity contribution < 1.29 is 13.4 Å². The first-order valence-corrected chi connectivity index (χ1v) is 7.35. The van der Waals surface area contributed by atoms with Gasteiger partial charge in [0.2, 0.25) is 11.3 Å². The second-order valence-electron chi connectivity index (χ2n) is 5.48. The first kappa shape index (κ1) is 15.1. The Labute approximate surface area is 139 Å². The van der Waals surface area contributed by atoms with Crippen LogP contribution in [0.25, 0.3) is 22.4 Å². The van der Waals surface area contributed by atoms with Crippen molar-refractivity contribution in [3.8, 4) is 11.1 Å². The third kappa shape index (κ3) is 3.01. The predicted octanol–water partition coefficient (Wildman–Crippen LogP) is 2.84. The van der Waals surface area contributed by atoms with Crippen molar-refractivity contribution in [1.82, 2.24) is 20.3 Å². The second kappa shape index (κ2) is 5.90. The summed E-state index contributed by atoms with van der Waals surface area (Å²) in [6.07, 6.45) is 0.226. The largest absolute Gasteiger partial charge is 0.299 e. The number of nitrogens with zero attached hydrogens (tertiary/aromatic N) is 3. The zero-order chi connectivity index (χ0) is 17.4. The monoisotopic (exact) mass is 340 g/mol. The lowest BCUT2D eigenvalue weighted by Gasteiger charge is -2.06. The molecule has 0 radical (unpaired) electrons. The Kier molecular flexibility index (Phi) is 3.57. The van der Waals surface area contributed by atoms with E-state index in [1.807, 2.05) is 0 Å². The first-order chi connectivity index (χ1) is 12.1. The number of halogens is 2. The molecular weight excluding hydrogens is 330 g/mol. The van der Waals surface area contributed by atoms with E-state index >= 15 is 0 Å². The first-order valence-electron chi connectivity index (χ1n) is 7.35. The van der Waals surface area contributed by atoms with Gasteiger partial charge in [-0.3, -0.25) is 9.78 Å². The molecule has 25 heavy (non-hydrogen) atoms. The van der Waals surface area contributed by atoms with Gasteiger partial charge in [0.25, 0.3) is 5.56 Å². The fourth-order valence-electron chi connectivity index (χ4n) is 2.59. The Morgan fingerprint density at radius 2 is 1.80 bits per heavy atom.